The van der Waals surface area contributed by atoms with Gasteiger partial charge in [-0.2, -0.15) is 0 Å². The summed E-state index contributed by atoms with van der Waals surface area (Å²) in [6.45, 7) is 7.79. The van der Waals surface area contributed by atoms with Crippen molar-refractivity contribution in [2.45, 2.75) is 46.3 Å². The number of imidazole rings is 1. The highest BCUT2D eigenvalue weighted by molar-refractivity contribution is 5.76. The molecule has 0 aliphatic rings. The van der Waals surface area contributed by atoms with Crippen molar-refractivity contribution >= 4 is 11.0 Å². The highest BCUT2D eigenvalue weighted by atomic mass is 16.5. The summed E-state index contributed by atoms with van der Waals surface area (Å²) in [7, 11) is 0. The van der Waals surface area contributed by atoms with Gasteiger partial charge in [0.15, 0.2) is 11.9 Å². The molecule has 0 N–H and O–H groups in total. The molecule has 4 aromatic rings. The average molecular weight is 415 g/mol. The lowest BCUT2D eigenvalue weighted by atomic mass is 10.2. The van der Waals surface area contributed by atoms with Gasteiger partial charge in [-0.1, -0.05) is 43.3 Å². The topological polar surface area (TPSA) is 36.3 Å². The molecule has 0 fully saturated rings. The molecule has 1 heterocycles. The maximum absolute atomic E-state index is 6.37. The summed E-state index contributed by atoms with van der Waals surface area (Å²) in [5.74, 6) is 2.78. The summed E-state index contributed by atoms with van der Waals surface area (Å²) in [5, 5.41) is 0. The lowest BCUT2D eigenvalue weighted by molar-refractivity contribution is 0.185. The molecule has 4 nitrogen and oxygen atoms in total. The standard InChI is InChI=1S/C27H30N2O2/c1-4-26(31-23-13-8-11-21(3)19-23)27-28-24-14-5-6-15-25(24)29(27)16-9-17-30-22-12-7-10-20(2)18-22/h5-8,10-15,18-19,26H,4,9,16-17H2,1-3H3. The van der Waals surface area contributed by atoms with E-state index in [4.69, 9.17) is 14.5 Å². The first-order valence-corrected chi connectivity index (χ1v) is 11.0. The zero-order chi connectivity index (χ0) is 21.6. The van der Waals surface area contributed by atoms with Crippen molar-refractivity contribution in [3.05, 3.63) is 89.7 Å². The molecule has 0 saturated heterocycles. The monoisotopic (exact) mass is 414 g/mol. The number of aromatic nitrogens is 2. The second-order valence-electron chi connectivity index (χ2n) is 7.96. The molecule has 160 valence electrons. The number of aryl methyl sites for hydroxylation is 3. The molecule has 1 atom stereocenters. The lowest BCUT2D eigenvalue weighted by Crippen LogP contribution is -2.15. The Morgan fingerprint density at radius 3 is 2.32 bits per heavy atom. The average Bonchev–Trinajstić information content (AvgIpc) is 3.13. The number of hydrogen-bond acceptors (Lipinski definition) is 3. The number of benzene rings is 3. The largest absolute Gasteiger partial charge is 0.494 e. The highest BCUT2D eigenvalue weighted by Crippen LogP contribution is 2.28. The van der Waals surface area contributed by atoms with E-state index >= 15 is 0 Å². The van der Waals surface area contributed by atoms with Crippen LogP contribution < -0.4 is 9.47 Å². The molecule has 1 aromatic heterocycles. The molecule has 4 heteroatoms. The molecule has 3 aromatic carbocycles. The van der Waals surface area contributed by atoms with Crippen LogP contribution in [0, 0.1) is 13.8 Å². The summed E-state index contributed by atoms with van der Waals surface area (Å²) in [4.78, 5) is 4.95. The molecule has 0 bridgehead atoms. The van der Waals surface area contributed by atoms with Crippen LogP contribution in [0.1, 0.15) is 42.8 Å². The van der Waals surface area contributed by atoms with E-state index < -0.39 is 0 Å². The van der Waals surface area contributed by atoms with Gasteiger partial charge in [0.1, 0.15) is 11.5 Å². The van der Waals surface area contributed by atoms with E-state index in [9.17, 15) is 0 Å². The van der Waals surface area contributed by atoms with Gasteiger partial charge < -0.3 is 14.0 Å². The second kappa shape index (κ2) is 9.69. The summed E-state index contributed by atoms with van der Waals surface area (Å²) in [5.41, 5.74) is 4.54. The smallest absolute Gasteiger partial charge is 0.156 e. The maximum Gasteiger partial charge on any atom is 0.156 e. The van der Waals surface area contributed by atoms with Gasteiger partial charge in [0.05, 0.1) is 17.6 Å². The van der Waals surface area contributed by atoms with E-state index in [1.54, 1.807) is 0 Å². The predicted molar refractivity (Wildman–Crippen MR) is 126 cm³/mol. The fourth-order valence-corrected chi connectivity index (χ4v) is 3.86. The van der Waals surface area contributed by atoms with E-state index in [1.165, 1.54) is 11.1 Å². The van der Waals surface area contributed by atoms with Crippen LogP contribution in [0.4, 0.5) is 0 Å². The first-order valence-electron chi connectivity index (χ1n) is 11.0. The fourth-order valence-electron chi connectivity index (χ4n) is 3.86. The number of fused-ring (bicyclic) bond motifs is 1. The molecule has 4 rings (SSSR count). The van der Waals surface area contributed by atoms with Gasteiger partial charge in [-0.25, -0.2) is 4.98 Å². The summed E-state index contributed by atoms with van der Waals surface area (Å²) in [6.07, 6.45) is 1.63. The molecule has 0 saturated carbocycles. The van der Waals surface area contributed by atoms with Crippen LogP contribution in [0.25, 0.3) is 11.0 Å². The highest BCUT2D eigenvalue weighted by Gasteiger charge is 2.20. The Kier molecular flexibility index (Phi) is 6.56. The van der Waals surface area contributed by atoms with E-state index in [-0.39, 0.29) is 6.10 Å². The first kappa shape index (κ1) is 21.0. The lowest BCUT2D eigenvalue weighted by Gasteiger charge is -2.19. The predicted octanol–water partition coefficient (Wildman–Crippen LogP) is 6.65. The Morgan fingerprint density at radius 2 is 1.58 bits per heavy atom. The second-order valence-corrected chi connectivity index (χ2v) is 7.96. The number of para-hydroxylation sites is 2. The Hall–Kier alpha value is -3.27. The minimum Gasteiger partial charge on any atom is -0.494 e. The molecule has 1 unspecified atom stereocenters. The Balaban J connectivity index is 1.53. The normalized spacial score (nSPS) is 12.1. The van der Waals surface area contributed by atoms with Crippen LogP contribution >= 0.6 is 0 Å². The van der Waals surface area contributed by atoms with Crippen LogP contribution in [0.15, 0.2) is 72.8 Å². The summed E-state index contributed by atoms with van der Waals surface area (Å²) < 4.78 is 14.6. The van der Waals surface area contributed by atoms with Crippen molar-refractivity contribution < 1.29 is 9.47 Å². The van der Waals surface area contributed by atoms with Gasteiger partial charge >= 0.3 is 0 Å². The Labute approximate surface area is 184 Å². The minimum atomic E-state index is -0.105. The van der Waals surface area contributed by atoms with Crippen LogP contribution in [0.2, 0.25) is 0 Å². The molecule has 0 radical (unpaired) electrons. The zero-order valence-corrected chi connectivity index (χ0v) is 18.5. The van der Waals surface area contributed by atoms with Crippen LogP contribution in [0.3, 0.4) is 0 Å². The third-order valence-corrected chi connectivity index (χ3v) is 5.40. The summed E-state index contributed by atoms with van der Waals surface area (Å²) >= 11 is 0. The fraction of sp³-hybridized carbons (Fsp3) is 0.296. The van der Waals surface area contributed by atoms with Crippen molar-refractivity contribution in [1.29, 1.82) is 0 Å². The van der Waals surface area contributed by atoms with Gasteiger partial charge in [-0.3, -0.25) is 0 Å². The van der Waals surface area contributed by atoms with Gasteiger partial charge in [0.25, 0.3) is 0 Å². The van der Waals surface area contributed by atoms with Crippen molar-refractivity contribution in [3.63, 3.8) is 0 Å². The van der Waals surface area contributed by atoms with E-state index in [0.29, 0.717) is 6.61 Å². The van der Waals surface area contributed by atoms with Gasteiger partial charge in [-0.05, 0) is 74.2 Å². The van der Waals surface area contributed by atoms with Crippen molar-refractivity contribution in [3.8, 4) is 11.5 Å². The number of hydrogen-bond donors (Lipinski definition) is 0. The molecule has 0 aliphatic carbocycles. The van der Waals surface area contributed by atoms with Gasteiger partial charge in [-0.15, -0.1) is 0 Å². The number of nitrogens with zero attached hydrogens (tertiary/aromatic N) is 2. The van der Waals surface area contributed by atoms with Gasteiger partial charge in [0, 0.05) is 6.54 Å². The Bertz CT molecular complexity index is 1150. The third kappa shape index (κ3) is 5.08. The van der Waals surface area contributed by atoms with Crippen molar-refractivity contribution in [1.82, 2.24) is 9.55 Å². The SMILES string of the molecule is CCC(Oc1cccc(C)c1)c1nc2ccccc2n1CCCOc1cccc(C)c1. The molecule has 0 amide bonds. The van der Waals surface area contributed by atoms with Crippen LogP contribution in [0.5, 0.6) is 11.5 Å². The molecule has 31 heavy (non-hydrogen) atoms. The molecular weight excluding hydrogens is 384 g/mol. The van der Waals surface area contributed by atoms with E-state index in [0.717, 1.165) is 47.7 Å². The van der Waals surface area contributed by atoms with Crippen LogP contribution in [-0.4, -0.2) is 16.2 Å². The van der Waals surface area contributed by atoms with Gasteiger partial charge in [0.2, 0.25) is 0 Å². The molecular formula is C27H30N2O2. The van der Waals surface area contributed by atoms with E-state index in [2.05, 4.69) is 67.8 Å². The van der Waals surface area contributed by atoms with Crippen LogP contribution in [-0.2, 0) is 6.54 Å². The molecule has 0 spiro atoms. The van der Waals surface area contributed by atoms with E-state index in [1.807, 2.05) is 30.3 Å². The first-order chi connectivity index (χ1) is 15.1. The summed E-state index contributed by atoms with van der Waals surface area (Å²) in [6, 6.07) is 24.7. The maximum atomic E-state index is 6.37. The third-order valence-electron chi connectivity index (χ3n) is 5.40. The Morgan fingerprint density at radius 1 is 0.871 bits per heavy atom. The minimum absolute atomic E-state index is 0.105. The van der Waals surface area contributed by atoms with Crippen molar-refractivity contribution in [2.75, 3.05) is 6.61 Å². The number of rotatable bonds is 9. The number of ether oxygens (including phenoxy) is 2. The molecule has 0 aliphatic heterocycles. The zero-order valence-electron chi connectivity index (χ0n) is 18.5. The van der Waals surface area contributed by atoms with Crippen molar-refractivity contribution in [2.24, 2.45) is 0 Å². The quantitative estimate of drug-likeness (QED) is 0.288.